The van der Waals surface area contributed by atoms with E-state index in [0.717, 1.165) is 48.9 Å². The molecule has 1 amide bonds. The second-order valence-electron chi connectivity index (χ2n) is 8.07. The van der Waals surface area contributed by atoms with E-state index in [4.69, 9.17) is 0 Å². The van der Waals surface area contributed by atoms with E-state index in [9.17, 15) is 9.59 Å². The number of fused-ring (bicyclic) bond motifs is 1. The topological polar surface area (TPSA) is 74.0 Å². The Morgan fingerprint density at radius 3 is 2.45 bits per heavy atom. The number of para-hydroxylation sites is 1. The van der Waals surface area contributed by atoms with Gasteiger partial charge in [-0.3, -0.25) is 4.79 Å². The number of ketones is 1. The average molecular weight is 420 g/mol. The molecule has 0 aliphatic rings. The maximum Gasteiger partial charge on any atom is 0.237 e. The summed E-state index contributed by atoms with van der Waals surface area (Å²) in [7, 11) is 1.83. The van der Waals surface area contributed by atoms with Gasteiger partial charge in [-0.1, -0.05) is 61.4 Å². The maximum absolute atomic E-state index is 12.7. The number of aromatic nitrogens is 1. The monoisotopic (exact) mass is 419 g/mol. The van der Waals surface area contributed by atoms with Gasteiger partial charge in [-0.25, -0.2) is 0 Å². The lowest BCUT2D eigenvalue weighted by Gasteiger charge is -2.16. The van der Waals surface area contributed by atoms with Gasteiger partial charge in [0.1, 0.15) is 5.78 Å². The SMILES string of the molecule is CNC(CCCCCC(C)=O)C(=O)NCCc1c(-c2ccccc2)[nH]c2ccccc12. The van der Waals surface area contributed by atoms with Crippen LogP contribution in [0.1, 0.15) is 44.6 Å². The number of rotatable bonds is 12. The highest BCUT2D eigenvalue weighted by Crippen LogP contribution is 2.30. The molecule has 31 heavy (non-hydrogen) atoms. The van der Waals surface area contributed by atoms with Crippen LogP contribution in [0.15, 0.2) is 54.6 Å². The van der Waals surface area contributed by atoms with Crippen molar-refractivity contribution in [3.63, 3.8) is 0 Å². The molecule has 164 valence electrons. The van der Waals surface area contributed by atoms with Crippen LogP contribution in [-0.2, 0) is 16.0 Å². The zero-order valence-electron chi connectivity index (χ0n) is 18.5. The smallest absolute Gasteiger partial charge is 0.237 e. The summed E-state index contributed by atoms with van der Waals surface area (Å²) in [6.45, 7) is 2.21. The molecule has 0 aliphatic heterocycles. The first-order valence-corrected chi connectivity index (χ1v) is 11.2. The van der Waals surface area contributed by atoms with Crippen molar-refractivity contribution in [2.45, 2.75) is 51.5 Å². The molecule has 1 heterocycles. The quantitative estimate of drug-likeness (QED) is 0.375. The minimum absolute atomic E-state index is 0.0372. The van der Waals surface area contributed by atoms with E-state index in [2.05, 4.69) is 45.9 Å². The van der Waals surface area contributed by atoms with Crippen LogP contribution in [0.2, 0.25) is 0 Å². The van der Waals surface area contributed by atoms with Crippen LogP contribution >= 0.6 is 0 Å². The summed E-state index contributed by atoms with van der Waals surface area (Å²) < 4.78 is 0. The number of carbonyl (C=O) groups is 2. The molecule has 1 aromatic heterocycles. The highest BCUT2D eigenvalue weighted by atomic mass is 16.2. The lowest BCUT2D eigenvalue weighted by atomic mass is 10.0. The van der Waals surface area contributed by atoms with Gasteiger partial charge in [-0.15, -0.1) is 0 Å². The van der Waals surface area contributed by atoms with Crippen molar-refractivity contribution >= 4 is 22.6 Å². The minimum Gasteiger partial charge on any atom is -0.354 e. The van der Waals surface area contributed by atoms with Gasteiger partial charge < -0.3 is 20.4 Å². The summed E-state index contributed by atoms with van der Waals surface area (Å²) >= 11 is 0. The van der Waals surface area contributed by atoms with Gasteiger partial charge in [0.15, 0.2) is 0 Å². The number of amides is 1. The van der Waals surface area contributed by atoms with E-state index in [1.165, 1.54) is 10.9 Å². The van der Waals surface area contributed by atoms with Gasteiger partial charge in [0.25, 0.3) is 0 Å². The third-order valence-electron chi connectivity index (χ3n) is 5.74. The molecule has 0 saturated carbocycles. The molecule has 0 bridgehead atoms. The minimum atomic E-state index is -0.200. The molecule has 0 radical (unpaired) electrons. The molecule has 5 heteroatoms. The van der Waals surface area contributed by atoms with Gasteiger partial charge in [0, 0.05) is 29.6 Å². The number of unbranched alkanes of at least 4 members (excludes halogenated alkanes) is 2. The second-order valence-corrected chi connectivity index (χ2v) is 8.07. The van der Waals surface area contributed by atoms with Crippen LogP contribution < -0.4 is 10.6 Å². The van der Waals surface area contributed by atoms with E-state index in [-0.39, 0.29) is 17.7 Å². The van der Waals surface area contributed by atoms with Crippen LogP contribution in [0.5, 0.6) is 0 Å². The zero-order chi connectivity index (χ0) is 22.1. The van der Waals surface area contributed by atoms with Gasteiger partial charge in [0.2, 0.25) is 5.91 Å². The van der Waals surface area contributed by atoms with Gasteiger partial charge >= 0.3 is 0 Å². The first kappa shape index (κ1) is 22.8. The Labute approximate surface area is 184 Å². The molecule has 3 aromatic rings. The number of Topliss-reactive ketones (excluding diaryl/α,β-unsaturated/α-hetero) is 1. The normalized spacial score (nSPS) is 12.1. The third kappa shape index (κ3) is 6.28. The van der Waals surface area contributed by atoms with E-state index in [1.807, 2.05) is 31.3 Å². The van der Waals surface area contributed by atoms with Gasteiger partial charge in [0.05, 0.1) is 6.04 Å². The Kier molecular flexibility index (Phi) is 8.42. The third-order valence-corrected chi connectivity index (χ3v) is 5.74. The lowest BCUT2D eigenvalue weighted by Crippen LogP contribution is -2.43. The number of hydrogen-bond donors (Lipinski definition) is 3. The van der Waals surface area contributed by atoms with Gasteiger partial charge in [-0.05, 0) is 50.4 Å². The van der Waals surface area contributed by atoms with Crippen molar-refractivity contribution in [2.24, 2.45) is 0 Å². The van der Waals surface area contributed by atoms with Crippen molar-refractivity contribution in [1.82, 2.24) is 15.6 Å². The number of aromatic amines is 1. The Morgan fingerprint density at radius 1 is 0.968 bits per heavy atom. The average Bonchev–Trinajstić information content (AvgIpc) is 3.15. The molecular weight excluding hydrogens is 386 g/mol. The fourth-order valence-corrected chi connectivity index (χ4v) is 4.05. The number of hydrogen-bond acceptors (Lipinski definition) is 3. The van der Waals surface area contributed by atoms with E-state index in [1.54, 1.807) is 6.92 Å². The highest BCUT2D eigenvalue weighted by Gasteiger charge is 2.17. The molecule has 1 atom stereocenters. The summed E-state index contributed by atoms with van der Waals surface area (Å²) in [5.74, 6) is 0.269. The molecule has 5 nitrogen and oxygen atoms in total. The Hall–Kier alpha value is -2.92. The van der Waals surface area contributed by atoms with Crippen molar-refractivity contribution in [1.29, 1.82) is 0 Å². The number of likely N-dealkylation sites (N-methyl/N-ethyl adjacent to an activating group) is 1. The molecule has 0 fully saturated rings. The van der Waals surface area contributed by atoms with Crippen LogP contribution in [-0.4, -0.2) is 36.3 Å². The van der Waals surface area contributed by atoms with E-state index in [0.29, 0.717) is 13.0 Å². The highest BCUT2D eigenvalue weighted by molar-refractivity contribution is 5.91. The molecule has 0 spiro atoms. The van der Waals surface area contributed by atoms with Crippen molar-refractivity contribution in [3.8, 4) is 11.3 Å². The standard InChI is InChI=1S/C26H33N3O2/c1-19(30)11-5-3-8-16-24(27-2)26(31)28-18-17-22-21-14-9-10-15-23(21)29-25(22)20-12-6-4-7-13-20/h4,6-7,9-10,12-15,24,27,29H,3,5,8,11,16-18H2,1-2H3,(H,28,31). The van der Waals surface area contributed by atoms with Crippen molar-refractivity contribution < 1.29 is 9.59 Å². The molecule has 2 aromatic carbocycles. The molecular formula is C26H33N3O2. The number of nitrogens with one attached hydrogen (secondary N) is 3. The fraction of sp³-hybridized carbons (Fsp3) is 0.385. The molecule has 0 saturated heterocycles. The molecule has 3 rings (SSSR count). The van der Waals surface area contributed by atoms with Crippen LogP contribution in [0, 0.1) is 0 Å². The predicted molar refractivity (Wildman–Crippen MR) is 127 cm³/mol. The van der Waals surface area contributed by atoms with E-state index >= 15 is 0 Å². The number of H-pyrrole nitrogens is 1. The Balaban J connectivity index is 1.59. The molecule has 1 unspecified atom stereocenters. The van der Waals surface area contributed by atoms with E-state index < -0.39 is 0 Å². The second kappa shape index (κ2) is 11.5. The fourth-order valence-electron chi connectivity index (χ4n) is 4.05. The number of carbonyl (C=O) groups excluding carboxylic acids is 2. The first-order valence-electron chi connectivity index (χ1n) is 11.2. The summed E-state index contributed by atoms with van der Waals surface area (Å²) in [4.78, 5) is 27.2. The summed E-state index contributed by atoms with van der Waals surface area (Å²) in [5.41, 5.74) is 4.61. The largest absolute Gasteiger partial charge is 0.354 e. The molecule has 0 aliphatic carbocycles. The maximum atomic E-state index is 12.7. The first-order chi connectivity index (χ1) is 15.1. The van der Waals surface area contributed by atoms with Crippen LogP contribution in [0.25, 0.3) is 22.2 Å². The van der Waals surface area contributed by atoms with Gasteiger partial charge in [-0.2, -0.15) is 0 Å². The zero-order valence-corrected chi connectivity index (χ0v) is 18.5. The summed E-state index contributed by atoms with van der Waals surface area (Å²) in [6.07, 6.45) is 4.98. The Morgan fingerprint density at radius 2 is 1.71 bits per heavy atom. The number of benzene rings is 2. The molecule has 3 N–H and O–H groups in total. The Bertz CT molecular complexity index is 994. The van der Waals surface area contributed by atoms with Crippen molar-refractivity contribution in [3.05, 3.63) is 60.2 Å². The van der Waals surface area contributed by atoms with Crippen LogP contribution in [0.3, 0.4) is 0 Å². The summed E-state index contributed by atoms with van der Waals surface area (Å²) in [5, 5.41) is 7.43. The lowest BCUT2D eigenvalue weighted by molar-refractivity contribution is -0.123. The summed E-state index contributed by atoms with van der Waals surface area (Å²) in [6, 6.07) is 18.4. The van der Waals surface area contributed by atoms with Crippen LogP contribution in [0.4, 0.5) is 0 Å². The predicted octanol–water partition coefficient (Wildman–Crippen LogP) is 4.62. The van der Waals surface area contributed by atoms with Crippen molar-refractivity contribution in [2.75, 3.05) is 13.6 Å².